The largest absolute Gasteiger partial charge is 0.504 e. The van der Waals surface area contributed by atoms with Gasteiger partial charge >= 0.3 is 8.03 Å². The molecule has 0 aliphatic heterocycles. The Kier molecular flexibility index (Phi) is 23.8. The Labute approximate surface area is 202 Å². The minimum atomic E-state index is -1.35. The molecule has 180 valence electrons. The Morgan fingerprint density at radius 2 is 0.788 bits per heavy atom. The van der Waals surface area contributed by atoms with Gasteiger partial charge in [0.15, 0.2) is 6.66 Å². The zero-order chi connectivity index (χ0) is 25.3. The average Bonchev–Trinajstić information content (AvgIpc) is 2.88. The molecule has 4 aromatic carbocycles. The molecule has 0 aromatic heterocycles. The van der Waals surface area contributed by atoms with Gasteiger partial charge in [0.05, 0.1) is 6.61 Å². The summed E-state index contributed by atoms with van der Waals surface area (Å²) in [4.78, 5) is 0. The number of fused-ring (bicyclic) bond motifs is 2. The number of hydrogen-bond acceptors (Lipinski definition) is 3. The van der Waals surface area contributed by atoms with Crippen molar-refractivity contribution < 1.29 is 14.2 Å². The second kappa shape index (κ2) is 24.1. The first-order valence-corrected chi connectivity index (χ1v) is 13.3. The quantitative estimate of drug-likeness (QED) is 0.298. The average molecular weight is 470 g/mol. The molecule has 0 aliphatic carbocycles. The molecule has 0 heterocycles. The molecular formula is C29H42O3P+. The highest BCUT2D eigenvalue weighted by molar-refractivity contribution is 7.38. The van der Waals surface area contributed by atoms with Gasteiger partial charge in [-0.2, -0.15) is 0 Å². The van der Waals surface area contributed by atoms with Crippen LogP contribution in [0.3, 0.4) is 0 Å². The predicted octanol–water partition coefficient (Wildman–Crippen LogP) is 9.13. The Morgan fingerprint density at radius 3 is 0.879 bits per heavy atom. The minimum Gasteiger partial charge on any atom is -0.397 e. The number of aliphatic hydroxyl groups is 1. The van der Waals surface area contributed by atoms with E-state index in [0.29, 0.717) is 6.61 Å². The zero-order valence-electron chi connectivity index (χ0n) is 21.4. The van der Waals surface area contributed by atoms with E-state index in [-0.39, 0.29) is 6.61 Å². The van der Waals surface area contributed by atoms with E-state index >= 15 is 0 Å². The third-order valence-electron chi connectivity index (χ3n) is 3.63. The van der Waals surface area contributed by atoms with Gasteiger partial charge in [0, 0.05) is 6.61 Å². The normalized spacial score (nSPS) is 9.03. The first-order valence-electron chi connectivity index (χ1n) is 11.6. The van der Waals surface area contributed by atoms with Crippen molar-refractivity contribution in [2.45, 2.75) is 41.5 Å². The molecule has 4 rings (SSSR count). The van der Waals surface area contributed by atoms with E-state index in [1.165, 1.54) is 21.5 Å². The molecule has 33 heavy (non-hydrogen) atoms. The standard InChI is InChI=1S/2C10H8.C3H8O2P.C2H6O.2C2H6/c2*1-2-6-10-8-4-3-7-9(10)5-1;1-3-5-6(2)4;1-2-3;2*1-2/h2*1-8H;3H2,1-2H3;3H,2H2,1H3;2*1-2H3/q;;+1;;;. The van der Waals surface area contributed by atoms with Crippen molar-refractivity contribution in [2.24, 2.45) is 0 Å². The van der Waals surface area contributed by atoms with Gasteiger partial charge in [0.25, 0.3) is 0 Å². The second-order valence-corrected chi connectivity index (χ2v) is 7.01. The highest BCUT2D eigenvalue weighted by atomic mass is 31.1. The summed E-state index contributed by atoms with van der Waals surface area (Å²) in [7, 11) is -1.35. The van der Waals surface area contributed by atoms with Gasteiger partial charge in [-0.1, -0.05) is 125 Å². The zero-order valence-corrected chi connectivity index (χ0v) is 22.3. The summed E-state index contributed by atoms with van der Waals surface area (Å²) in [6.45, 7) is 13.8. The van der Waals surface area contributed by atoms with E-state index < -0.39 is 8.03 Å². The van der Waals surface area contributed by atoms with E-state index in [4.69, 9.17) is 5.11 Å². The SMILES string of the molecule is CC.CC.CCO.CCO[P+](C)=O.c1ccc2ccccc2c1.c1ccc2ccccc2c1. The van der Waals surface area contributed by atoms with Crippen LogP contribution in [0.15, 0.2) is 97.1 Å². The Morgan fingerprint density at radius 1 is 0.606 bits per heavy atom. The van der Waals surface area contributed by atoms with Crippen LogP contribution in [-0.4, -0.2) is 25.0 Å². The number of rotatable bonds is 2. The van der Waals surface area contributed by atoms with Crippen LogP contribution in [0.1, 0.15) is 41.5 Å². The molecule has 0 bridgehead atoms. The summed E-state index contributed by atoms with van der Waals surface area (Å²) < 4.78 is 14.5. The maximum Gasteiger partial charge on any atom is 0.504 e. The van der Waals surface area contributed by atoms with Gasteiger partial charge in [0.2, 0.25) is 0 Å². The summed E-state index contributed by atoms with van der Waals surface area (Å²) in [6.07, 6.45) is 0. The van der Waals surface area contributed by atoms with Crippen molar-refractivity contribution in [1.82, 2.24) is 0 Å². The van der Waals surface area contributed by atoms with E-state index in [0.717, 1.165) is 0 Å². The third-order valence-corrected chi connectivity index (χ3v) is 4.25. The van der Waals surface area contributed by atoms with Gasteiger partial charge in [-0.25, -0.2) is 0 Å². The number of hydrogen-bond donors (Lipinski definition) is 1. The van der Waals surface area contributed by atoms with E-state index in [1.807, 2.05) is 34.6 Å². The van der Waals surface area contributed by atoms with E-state index in [2.05, 4.69) is 102 Å². The minimum absolute atomic E-state index is 0.250. The molecule has 4 aromatic rings. The van der Waals surface area contributed by atoms with Crippen LogP contribution >= 0.6 is 8.03 Å². The van der Waals surface area contributed by atoms with Crippen molar-refractivity contribution in [3.8, 4) is 0 Å². The van der Waals surface area contributed by atoms with E-state index in [1.54, 1.807) is 13.6 Å². The van der Waals surface area contributed by atoms with Gasteiger partial charge in [-0.15, -0.1) is 4.52 Å². The molecule has 1 unspecified atom stereocenters. The van der Waals surface area contributed by atoms with Gasteiger partial charge in [-0.05, 0) is 40.0 Å². The lowest BCUT2D eigenvalue weighted by atomic mass is 10.1. The van der Waals surface area contributed by atoms with Crippen molar-refractivity contribution in [3.63, 3.8) is 0 Å². The molecule has 0 saturated heterocycles. The van der Waals surface area contributed by atoms with Crippen molar-refractivity contribution in [3.05, 3.63) is 97.1 Å². The fraction of sp³-hybridized carbons (Fsp3) is 0.310. The van der Waals surface area contributed by atoms with E-state index in [9.17, 15) is 4.57 Å². The molecule has 3 nitrogen and oxygen atoms in total. The molecule has 0 aliphatic rings. The maximum atomic E-state index is 9.97. The molecule has 0 spiro atoms. The first kappa shape index (κ1) is 32.6. The molecule has 4 heteroatoms. The van der Waals surface area contributed by atoms with Crippen LogP contribution < -0.4 is 0 Å². The third kappa shape index (κ3) is 16.7. The lowest BCUT2D eigenvalue weighted by Crippen LogP contribution is -1.72. The van der Waals surface area contributed by atoms with Gasteiger partial charge < -0.3 is 5.11 Å². The Hall–Kier alpha value is -2.58. The van der Waals surface area contributed by atoms with Crippen molar-refractivity contribution in [2.75, 3.05) is 19.9 Å². The molecule has 0 amide bonds. The Bertz CT molecular complexity index is 768. The monoisotopic (exact) mass is 469 g/mol. The summed E-state index contributed by atoms with van der Waals surface area (Å²) in [6, 6.07) is 33.4. The smallest absolute Gasteiger partial charge is 0.397 e. The number of aliphatic hydroxyl groups excluding tert-OH is 1. The van der Waals surface area contributed by atoms with Crippen LogP contribution in [0.5, 0.6) is 0 Å². The highest BCUT2D eigenvalue weighted by Crippen LogP contribution is 2.13. The summed E-state index contributed by atoms with van der Waals surface area (Å²) in [5, 5.41) is 12.8. The second-order valence-electron chi connectivity index (χ2n) is 5.87. The summed E-state index contributed by atoms with van der Waals surface area (Å²) in [5.74, 6) is 0. The van der Waals surface area contributed by atoms with Crippen LogP contribution in [0, 0.1) is 0 Å². The van der Waals surface area contributed by atoms with Gasteiger partial charge in [0.1, 0.15) is 0 Å². The molecule has 0 radical (unpaired) electrons. The Balaban J connectivity index is 0. The molecule has 0 saturated carbocycles. The van der Waals surface area contributed by atoms with Crippen LogP contribution in [-0.2, 0) is 9.09 Å². The lowest BCUT2D eigenvalue weighted by molar-refractivity contribution is 0.318. The van der Waals surface area contributed by atoms with Crippen molar-refractivity contribution >= 4 is 29.6 Å². The highest BCUT2D eigenvalue weighted by Gasteiger charge is 2.00. The summed E-state index contributed by atoms with van der Waals surface area (Å²) in [5.41, 5.74) is 0. The fourth-order valence-corrected chi connectivity index (χ4v) is 2.81. The predicted molar refractivity (Wildman–Crippen MR) is 149 cm³/mol. The van der Waals surface area contributed by atoms with Gasteiger partial charge in [-0.3, -0.25) is 0 Å². The molecule has 0 fully saturated rings. The molecule has 1 atom stereocenters. The molecule has 1 N–H and O–H groups in total. The van der Waals surface area contributed by atoms with Crippen LogP contribution in [0.25, 0.3) is 21.5 Å². The number of benzene rings is 4. The van der Waals surface area contributed by atoms with Crippen molar-refractivity contribution in [1.29, 1.82) is 0 Å². The first-order chi connectivity index (χ1) is 16.1. The van der Waals surface area contributed by atoms with Crippen LogP contribution in [0.4, 0.5) is 0 Å². The van der Waals surface area contributed by atoms with Crippen LogP contribution in [0.2, 0.25) is 0 Å². The topological polar surface area (TPSA) is 46.5 Å². The fourth-order valence-electron chi connectivity index (χ4n) is 2.45. The maximum absolute atomic E-state index is 9.97. The summed E-state index contributed by atoms with van der Waals surface area (Å²) >= 11 is 0. The lowest BCUT2D eigenvalue weighted by Gasteiger charge is -1.92. The molecular weight excluding hydrogens is 427 g/mol.